The SMILES string of the molecule is Cc1cc(Nc2nccc(C(F)(F)F)n2)cc(-c2cnc(C3CCCCC3)s2)c1. The van der Waals surface area contributed by atoms with Crippen molar-refractivity contribution in [2.75, 3.05) is 5.32 Å². The predicted octanol–water partition coefficient (Wildman–Crippen LogP) is 6.72. The van der Waals surface area contributed by atoms with Gasteiger partial charge in [-0.25, -0.2) is 15.0 Å². The maximum absolute atomic E-state index is 12.9. The number of benzene rings is 1. The topological polar surface area (TPSA) is 50.7 Å². The molecule has 0 unspecified atom stereocenters. The molecule has 8 heteroatoms. The molecule has 0 atom stereocenters. The van der Waals surface area contributed by atoms with Crippen LogP contribution in [0.25, 0.3) is 10.4 Å². The van der Waals surface area contributed by atoms with E-state index in [1.165, 1.54) is 37.1 Å². The molecule has 0 saturated heterocycles. The second-order valence-corrected chi connectivity index (χ2v) is 8.44. The summed E-state index contributed by atoms with van der Waals surface area (Å²) in [7, 11) is 0. The van der Waals surface area contributed by atoms with E-state index in [0.717, 1.165) is 28.3 Å². The fraction of sp³-hybridized carbons (Fsp3) is 0.381. The van der Waals surface area contributed by atoms with Crippen LogP contribution in [0.5, 0.6) is 0 Å². The van der Waals surface area contributed by atoms with Crippen molar-refractivity contribution in [3.05, 3.63) is 52.9 Å². The van der Waals surface area contributed by atoms with Crippen molar-refractivity contribution < 1.29 is 13.2 Å². The lowest BCUT2D eigenvalue weighted by atomic mass is 9.90. The molecule has 0 bridgehead atoms. The maximum Gasteiger partial charge on any atom is 0.433 e. The van der Waals surface area contributed by atoms with Crippen molar-refractivity contribution in [3.8, 4) is 10.4 Å². The van der Waals surface area contributed by atoms with E-state index in [1.807, 2.05) is 25.3 Å². The highest BCUT2D eigenvalue weighted by Crippen LogP contribution is 2.38. The first-order valence-corrected chi connectivity index (χ1v) is 10.5. The minimum atomic E-state index is -4.50. The highest BCUT2D eigenvalue weighted by molar-refractivity contribution is 7.15. The Hall–Kier alpha value is -2.48. The zero-order valence-corrected chi connectivity index (χ0v) is 16.8. The first-order chi connectivity index (χ1) is 13.9. The van der Waals surface area contributed by atoms with Crippen molar-refractivity contribution in [1.29, 1.82) is 0 Å². The molecule has 4 nitrogen and oxygen atoms in total. The van der Waals surface area contributed by atoms with Crippen LogP contribution in [0.1, 0.15) is 54.3 Å². The van der Waals surface area contributed by atoms with Crippen LogP contribution in [0, 0.1) is 6.92 Å². The Morgan fingerprint density at radius 1 is 1.07 bits per heavy atom. The number of nitrogens with zero attached hydrogens (tertiary/aromatic N) is 3. The zero-order chi connectivity index (χ0) is 20.4. The van der Waals surface area contributed by atoms with Gasteiger partial charge in [-0.15, -0.1) is 11.3 Å². The molecule has 0 aliphatic heterocycles. The molecule has 1 saturated carbocycles. The number of rotatable bonds is 4. The molecule has 1 aromatic carbocycles. The van der Waals surface area contributed by atoms with Gasteiger partial charge in [-0.1, -0.05) is 25.3 Å². The van der Waals surface area contributed by atoms with Crippen LogP contribution >= 0.6 is 11.3 Å². The molecule has 1 aliphatic rings. The Morgan fingerprint density at radius 2 is 1.86 bits per heavy atom. The molecule has 0 spiro atoms. The van der Waals surface area contributed by atoms with Crippen LogP contribution in [-0.4, -0.2) is 15.0 Å². The molecule has 0 amide bonds. The smallest absolute Gasteiger partial charge is 0.324 e. The van der Waals surface area contributed by atoms with Crippen molar-refractivity contribution in [1.82, 2.24) is 15.0 Å². The van der Waals surface area contributed by atoms with Gasteiger partial charge in [-0.05, 0) is 49.1 Å². The van der Waals surface area contributed by atoms with Gasteiger partial charge < -0.3 is 5.32 Å². The molecule has 1 N–H and O–H groups in total. The lowest BCUT2D eigenvalue weighted by Gasteiger charge is -2.18. The van der Waals surface area contributed by atoms with Crippen LogP contribution < -0.4 is 5.32 Å². The largest absolute Gasteiger partial charge is 0.433 e. The number of hydrogen-bond donors (Lipinski definition) is 1. The standard InChI is InChI=1S/C21H21F3N4S/c1-13-9-15(17-12-26-19(29-17)14-5-3-2-4-6-14)11-16(10-13)27-20-25-8-7-18(28-20)21(22,23)24/h7-12,14H,2-6H2,1H3,(H,25,27,28). The number of hydrogen-bond acceptors (Lipinski definition) is 5. The average molecular weight is 418 g/mol. The van der Waals surface area contributed by atoms with Crippen molar-refractivity contribution >= 4 is 23.0 Å². The number of aromatic nitrogens is 3. The molecule has 3 aromatic rings. The molecule has 0 radical (unpaired) electrons. The lowest BCUT2D eigenvalue weighted by Crippen LogP contribution is -2.10. The van der Waals surface area contributed by atoms with Crippen LogP contribution in [0.15, 0.2) is 36.7 Å². The monoisotopic (exact) mass is 418 g/mol. The first-order valence-electron chi connectivity index (χ1n) is 9.63. The molecule has 1 aliphatic carbocycles. The highest BCUT2D eigenvalue weighted by atomic mass is 32.1. The summed E-state index contributed by atoms with van der Waals surface area (Å²) in [6.45, 7) is 1.95. The van der Waals surface area contributed by atoms with E-state index < -0.39 is 11.9 Å². The van der Waals surface area contributed by atoms with Crippen LogP contribution in [0.2, 0.25) is 0 Å². The normalized spacial score (nSPS) is 15.4. The van der Waals surface area contributed by atoms with Crippen LogP contribution in [0.3, 0.4) is 0 Å². The van der Waals surface area contributed by atoms with E-state index in [4.69, 9.17) is 0 Å². The average Bonchev–Trinajstić information content (AvgIpc) is 3.18. The third kappa shape index (κ3) is 4.75. The minimum Gasteiger partial charge on any atom is -0.324 e. The molecule has 152 valence electrons. The van der Waals surface area contributed by atoms with E-state index >= 15 is 0 Å². The maximum atomic E-state index is 12.9. The van der Waals surface area contributed by atoms with E-state index in [9.17, 15) is 13.2 Å². The van der Waals surface area contributed by atoms with Gasteiger partial charge >= 0.3 is 6.18 Å². The second kappa shape index (κ2) is 8.10. The number of anilines is 2. The summed E-state index contributed by atoms with van der Waals surface area (Å²) in [4.78, 5) is 13.2. The van der Waals surface area contributed by atoms with Crippen LogP contribution in [0.4, 0.5) is 24.8 Å². The summed E-state index contributed by atoms with van der Waals surface area (Å²) in [5, 5.41) is 4.08. The molecule has 1 fully saturated rings. The van der Waals surface area contributed by atoms with Gasteiger partial charge in [0.15, 0.2) is 0 Å². The molecular formula is C21H21F3N4S. The Morgan fingerprint density at radius 3 is 2.62 bits per heavy atom. The van der Waals surface area contributed by atoms with Gasteiger partial charge in [0.25, 0.3) is 0 Å². The Balaban J connectivity index is 1.58. The van der Waals surface area contributed by atoms with E-state index in [1.54, 1.807) is 11.3 Å². The third-order valence-electron chi connectivity index (χ3n) is 5.04. The Labute approximate surface area is 171 Å². The van der Waals surface area contributed by atoms with Gasteiger partial charge in [0, 0.05) is 24.0 Å². The number of thiazole rings is 1. The van der Waals surface area contributed by atoms with E-state index in [-0.39, 0.29) is 5.95 Å². The fourth-order valence-electron chi connectivity index (χ4n) is 3.66. The second-order valence-electron chi connectivity index (χ2n) is 7.37. The predicted molar refractivity (Wildman–Crippen MR) is 108 cm³/mol. The van der Waals surface area contributed by atoms with Gasteiger partial charge in [0.1, 0.15) is 5.69 Å². The molecule has 29 heavy (non-hydrogen) atoms. The van der Waals surface area contributed by atoms with Crippen molar-refractivity contribution in [2.45, 2.75) is 51.1 Å². The summed E-state index contributed by atoms with van der Waals surface area (Å²) in [5.74, 6) is 0.465. The number of aryl methyl sites for hydroxylation is 1. The molecule has 4 rings (SSSR count). The fourth-order valence-corrected chi connectivity index (χ4v) is 4.74. The van der Waals surface area contributed by atoms with Crippen molar-refractivity contribution in [2.24, 2.45) is 0 Å². The Bertz CT molecular complexity index is 994. The molecule has 2 aromatic heterocycles. The van der Waals surface area contributed by atoms with Gasteiger partial charge in [-0.3, -0.25) is 0 Å². The number of halogens is 3. The zero-order valence-electron chi connectivity index (χ0n) is 16.0. The summed E-state index contributed by atoms with van der Waals surface area (Å²) < 4.78 is 38.7. The summed E-state index contributed by atoms with van der Waals surface area (Å²) in [5.41, 5.74) is 1.65. The van der Waals surface area contributed by atoms with Gasteiger partial charge in [0.2, 0.25) is 5.95 Å². The van der Waals surface area contributed by atoms with Gasteiger partial charge in [0.05, 0.1) is 9.88 Å². The number of alkyl halides is 3. The third-order valence-corrected chi connectivity index (χ3v) is 6.25. The van der Waals surface area contributed by atoms with Crippen molar-refractivity contribution in [3.63, 3.8) is 0 Å². The Kier molecular flexibility index (Phi) is 5.54. The van der Waals surface area contributed by atoms with Gasteiger partial charge in [-0.2, -0.15) is 13.2 Å². The van der Waals surface area contributed by atoms with E-state index in [0.29, 0.717) is 11.6 Å². The molecular weight excluding hydrogens is 397 g/mol. The summed E-state index contributed by atoms with van der Waals surface area (Å²) in [6, 6.07) is 6.66. The number of nitrogens with one attached hydrogen (secondary N) is 1. The summed E-state index contributed by atoms with van der Waals surface area (Å²) in [6.07, 6.45) is 4.71. The van der Waals surface area contributed by atoms with E-state index in [2.05, 4.69) is 26.3 Å². The molecule has 2 heterocycles. The van der Waals surface area contributed by atoms with Crippen LogP contribution in [-0.2, 0) is 6.18 Å². The lowest BCUT2D eigenvalue weighted by molar-refractivity contribution is -0.141. The quantitative estimate of drug-likeness (QED) is 0.511. The minimum absolute atomic E-state index is 0.0800. The highest BCUT2D eigenvalue weighted by Gasteiger charge is 2.32. The summed E-state index contributed by atoms with van der Waals surface area (Å²) >= 11 is 1.70. The first kappa shape index (κ1) is 19.8.